The van der Waals surface area contributed by atoms with Crippen LogP contribution in [0.1, 0.15) is 84.5 Å². The van der Waals surface area contributed by atoms with E-state index in [9.17, 15) is 4.79 Å². The Bertz CT molecular complexity index is 195. The molecule has 0 aromatic rings. The smallest absolute Gasteiger partial charge is 0.407 e. The van der Waals surface area contributed by atoms with Crippen molar-refractivity contribution in [3.63, 3.8) is 0 Å². The van der Waals surface area contributed by atoms with Crippen LogP contribution in [0.4, 0.5) is 4.79 Å². The SMILES string of the molecule is CCCCCCCCCOC(=O)NCCCCCC. The zero-order valence-electron chi connectivity index (χ0n) is 13.0. The van der Waals surface area contributed by atoms with Gasteiger partial charge in [-0.25, -0.2) is 4.79 Å². The van der Waals surface area contributed by atoms with Crippen LogP contribution in [0.15, 0.2) is 0 Å². The first kappa shape index (κ1) is 18.3. The van der Waals surface area contributed by atoms with Crippen molar-refractivity contribution >= 4 is 6.09 Å². The van der Waals surface area contributed by atoms with Gasteiger partial charge in [-0.1, -0.05) is 71.6 Å². The van der Waals surface area contributed by atoms with E-state index in [0.717, 1.165) is 19.4 Å². The molecule has 19 heavy (non-hydrogen) atoms. The lowest BCUT2D eigenvalue weighted by Gasteiger charge is -2.06. The van der Waals surface area contributed by atoms with Crippen molar-refractivity contribution in [2.75, 3.05) is 13.2 Å². The van der Waals surface area contributed by atoms with Crippen molar-refractivity contribution in [3.05, 3.63) is 0 Å². The van der Waals surface area contributed by atoms with Gasteiger partial charge in [0.25, 0.3) is 0 Å². The second-order valence-electron chi connectivity index (χ2n) is 5.24. The lowest BCUT2D eigenvalue weighted by Crippen LogP contribution is -2.25. The molecule has 0 unspecified atom stereocenters. The highest BCUT2D eigenvalue weighted by Crippen LogP contribution is 2.06. The van der Waals surface area contributed by atoms with Gasteiger partial charge in [0.2, 0.25) is 0 Å². The summed E-state index contributed by atoms with van der Waals surface area (Å²) in [4.78, 5) is 11.3. The van der Waals surface area contributed by atoms with Crippen molar-refractivity contribution in [2.45, 2.75) is 84.5 Å². The molecule has 0 bridgehead atoms. The fourth-order valence-electron chi connectivity index (χ4n) is 2.02. The Balaban J connectivity index is 3.12. The van der Waals surface area contributed by atoms with E-state index in [-0.39, 0.29) is 6.09 Å². The molecule has 114 valence electrons. The van der Waals surface area contributed by atoms with Crippen LogP contribution in [0, 0.1) is 0 Å². The van der Waals surface area contributed by atoms with Gasteiger partial charge in [-0.2, -0.15) is 0 Å². The molecule has 0 aliphatic heterocycles. The molecule has 1 amide bonds. The first-order chi connectivity index (χ1) is 9.31. The van der Waals surface area contributed by atoms with Gasteiger partial charge < -0.3 is 10.1 Å². The number of hydrogen-bond donors (Lipinski definition) is 1. The predicted octanol–water partition coefficient (Wildman–Crippen LogP) is 5.04. The maximum atomic E-state index is 11.3. The average molecular weight is 271 g/mol. The normalized spacial score (nSPS) is 10.4. The molecule has 0 aromatic heterocycles. The van der Waals surface area contributed by atoms with E-state index in [4.69, 9.17) is 4.74 Å². The van der Waals surface area contributed by atoms with Gasteiger partial charge in [-0.05, 0) is 12.8 Å². The van der Waals surface area contributed by atoms with E-state index in [0.29, 0.717) is 6.61 Å². The molecule has 0 aliphatic rings. The molecule has 0 aromatic carbocycles. The third kappa shape index (κ3) is 15.2. The monoisotopic (exact) mass is 271 g/mol. The van der Waals surface area contributed by atoms with Crippen molar-refractivity contribution in [2.24, 2.45) is 0 Å². The minimum atomic E-state index is -0.248. The van der Waals surface area contributed by atoms with E-state index in [1.165, 1.54) is 57.8 Å². The van der Waals surface area contributed by atoms with Gasteiger partial charge in [-0.3, -0.25) is 0 Å². The Morgan fingerprint density at radius 2 is 1.32 bits per heavy atom. The maximum Gasteiger partial charge on any atom is 0.407 e. The number of carbonyl (C=O) groups excluding carboxylic acids is 1. The van der Waals surface area contributed by atoms with Gasteiger partial charge in [0.1, 0.15) is 0 Å². The van der Waals surface area contributed by atoms with Crippen molar-refractivity contribution in [1.29, 1.82) is 0 Å². The number of nitrogens with one attached hydrogen (secondary N) is 1. The zero-order valence-corrected chi connectivity index (χ0v) is 13.0. The summed E-state index contributed by atoms with van der Waals surface area (Å²) in [5, 5.41) is 2.80. The zero-order chi connectivity index (χ0) is 14.2. The Morgan fingerprint density at radius 1 is 0.789 bits per heavy atom. The van der Waals surface area contributed by atoms with Gasteiger partial charge in [0.15, 0.2) is 0 Å². The summed E-state index contributed by atoms with van der Waals surface area (Å²) in [6.07, 6.45) is 13.2. The minimum Gasteiger partial charge on any atom is -0.450 e. The van der Waals surface area contributed by atoms with Crippen LogP contribution in [0.25, 0.3) is 0 Å². The highest BCUT2D eigenvalue weighted by molar-refractivity contribution is 5.66. The lowest BCUT2D eigenvalue weighted by molar-refractivity contribution is 0.143. The van der Waals surface area contributed by atoms with Gasteiger partial charge in [0, 0.05) is 6.54 Å². The molecule has 0 spiro atoms. The van der Waals surface area contributed by atoms with Crippen LogP contribution in [0.3, 0.4) is 0 Å². The summed E-state index contributed by atoms with van der Waals surface area (Å²) in [5.41, 5.74) is 0. The standard InChI is InChI=1S/C16H33NO2/c1-3-5-7-9-10-11-13-15-19-16(18)17-14-12-8-6-4-2/h3-15H2,1-2H3,(H,17,18). The van der Waals surface area contributed by atoms with Crippen LogP contribution < -0.4 is 5.32 Å². The lowest BCUT2D eigenvalue weighted by atomic mass is 10.1. The number of amides is 1. The average Bonchev–Trinajstić information content (AvgIpc) is 2.41. The Kier molecular flexibility index (Phi) is 14.7. The van der Waals surface area contributed by atoms with E-state index in [1.807, 2.05) is 0 Å². The molecule has 0 aliphatic carbocycles. The largest absolute Gasteiger partial charge is 0.450 e. The van der Waals surface area contributed by atoms with Crippen LogP contribution in [0.2, 0.25) is 0 Å². The Morgan fingerprint density at radius 3 is 1.95 bits per heavy atom. The van der Waals surface area contributed by atoms with Crippen molar-refractivity contribution < 1.29 is 9.53 Å². The molecule has 0 saturated heterocycles. The summed E-state index contributed by atoms with van der Waals surface area (Å²) in [6.45, 7) is 5.73. The van der Waals surface area contributed by atoms with E-state index in [2.05, 4.69) is 19.2 Å². The number of carbonyl (C=O) groups is 1. The molecular weight excluding hydrogens is 238 g/mol. The van der Waals surface area contributed by atoms with Crippen molar-refractivity contribution in [3.8, 4) is 0 Å². The number of ether oxygens (including phenoxy) is 1. The summed E-state index contributed by atoms with van der Waals surface area (Å²) in [7, 11) is 0. The van der Waals surface area contributed by atoms with Gasteiger partial charge >= 0.3 is 6.09 Å². The summed E-state index contributed by atoms with van der Waals surface area (Å²) < 4.78 is 5.13. The topological polar surface area (TPSA) is 38.3 Å². The minimum absolute atomic E-state index is 0.248. The first-order valence-electron chi connectivity index (χ1n) is 8.21. The molecule has 0 radical (unpaired) electrons. The third-order valence-electron chi connectivity index (χ3n) is 3.28. The van der Waals surface area contributed by atoms with Crippen LogP contribution >= 0.6 is 0 Å². The molecule has 0 saturated carbocycles. The predicted molar refractivity (Wildman–Crippen MR) is 81.5 cm³/mol. The van der Waals surface area contributed by atoms with Gasteiger partial charge in [0.05, 0.1) is 6.61 Å². The fourth-order valence-corrected chi connectivity index (χ4v) is 2.02. The Hall–Kier alpha value is -0.730. The fraction of sp³-hybridized carbons (Fsp3) is 0.938. The molecule has 0 fully saturated rings. The third-order valence-corrected chi connectivity index (χ3v) is 3.28. The van der Waals surface area contributed by atoms with Crippen LogP contribution in [-0.4, -0.2) is 19.2 Å². The molecule has 1 N–H and O–H groups in total. The molecule has 0 rings (SSSR count). The van der Waals surface area contributed by atoms with Crippen LogP contribution in [-0.2, 0) is 4.74 Å². The summed E-state index contributed by atoms with van der Waals surface area (Å²) in [5.74, 6) is 0. The Labute approximate surface area is 119 Å². The highest BCUT2D eigenvalue weighted by atomic mass is 16.5. The summed E-state index contributed by atoms with van der Waals surface area (Å²) >= 11 is 0. The quantitative estimate of drug-likeness (QED) is 0.476. The van der Waals surface area contributed by atoms with E-state index in [1.54, 1.807) is 0 Å². The number of alkyl carbamates (subject to hydrolysis) is 1. The molecule has 0 atom stereocenters. The number of unbranched alkanes of at least 4 members (excludes halogenated alkanes) is 9. The molecule has 3 nitrogen and oxygen atoms in total. The number of hydrogen-bond acceptors (Lipinski definition) is 2. The van der Waals surface area contributed by atoms with E-state index >= 15 is 0 Å². The molecule has 0 heterocycles. The second kappa shape index (κ2) is 15.3. The molecule has 3 heteroatoms. The number of rotatable bonds is 13. The van der Waals surface area contributed by atoms with Crippen LogP contribution in [0.5, 0.6) is 0 Å². The van der Waals surface area contributed by atoms with Crippen molar-refractivity contribution in [1.82, 2.24) is 5.32 Å². The summed E-state index contributed by atoms with van der Waals surface area (Å²) in [6, 6.07) is 0. The van der Waals surface area contributed by atoms with Gasteiger partial charge in [-0.15, -0.1) is 0 Å². The molecular formula is C16H33NO2. The maximum absolute atomic E-state index is 11.3. The second-order valence-corrected chi connectivity index (χ2v) is 5.24. The van der Waals surface area contributed by atoms with E-state index < -0.39 is 0 Å². The first-order valence-corrected chi connectivity index (χ1v) is 8.21. The highest BCUT2D eigenvalue weighted by Gasteiger charge is 2.00.